The molecule has 0 spiro atoms. The molecule has 0 radical (unpaired) electrons. The maximum atomic E-state index is 14.4. The van der Waals surface area contributed by atoms with Crippen molar-refractivity contribution in [3.63, 3.8) is 0 Å². The Morgan fingerprint density at radius 1 is 1.04 bits per heavy atom. The summed E-state index contributed by atoms with van der Waals surface area (Å²) in [6, 6.07) is 18.8. The molecule has 3 aromatic heterocycles. The van der Waals surface area contributed by atoms with E-state index < -0.39 is 29.7 Å². The molecule has 2 amide bonds. The SMILES string of the molecule is Cc1cc(C(=O)N2Cc3c(C(=O)NCc4ccccc4-c4ncccn4)n(-c4ccc5c(cnn5C[C@@H](C)C(F)(F)F)c4)c(=O)n3C[C@@H]2C)ccc1Br. The van der Waals surface area contributed by atoms with E-state index in [1.165, 1.54) is 20.0 Å². The van der Waals surface area contributed by atoms with E-state index in [1.807, 2.05) is 44.2 Å². The highest BCUT2D eigenvalue weighted by atomic mass is 79.9. The average molecular weight is 788 g/mol. The number of halogens is 4. The molecule has 15 heteroatoms. The van der Waals surface area contributed by atoms with Gasteiger partial charge in [0.15, 0.2) is 5.82 Å². The van der Waals surface area contributed by atoms with Crippen molar-refractivity contribution >= 4 is 38.6 Å². The van der Waals surface area contributed by atoms with Crippen LogP contribution in [0.1, 0.15) is 51.5 Å². The molecule has 0 saturated heterocycles. The Kier molecular flexibility index (Phi) is 9.53. The van der Waals surface area contributed by atoms with Crippen molar-refractivity contribution in [3.8, 4) is 17.1 Å². The summed E-state index contributed by atoms with van der Waals surface area (Å²) in [5.41, 5.74) is 3.50. The molecule has 1 aliphatic rings. The average Bonchev–Trinajstić information content (AvgIpc) is 3.67. The summed E-state index contributed by atoms with van der Waals surface area (Å²) in [5.74, 6) is -1.95. The summed E-state index contributed by atoms with van der Waals surface area (Å²) in [4.78, 5) is 53.0. The molecule has 0 bridgehead atoms. The van der Waals surface area contributed by atoms with E-state index in [4.69, 9.17) is 0 Å². The Bertz CT molecular complexity index is 2420. The van der Waals surface area contributed by atoms with Gasteiger partial charge >= 0.3 is 11.9 Å². The minimum Gasteiger partial charge on any atom is -0.347 e. The zero-order valence-electron chi connectivity index (χ0n) is 28.9. The number of hydrogen-bond acceptors (Lipinski definition) is 6. The number of imidazole rings is 1. The molecule has 4 heterocycles. The lowest BCUT2D eigenvalue weighted by atomic mass is 10.1. The molecule has 2 atom stereocenters. The normalized spacial score (nSPS) is 15.0. The van der Waals surface area contributed by atoms with Crippen LogP contribution in [-0.2, 0) is 26.2 Å². The summed E-state index contributed by atoms with van der Waals surface area (Å²) in [5, 5.41) is 7.66. The fourth-order valence-corrected chi connectivity index (χ4v) is 6.86. The topological polar surface area (TPSA) is 120 Å². The third kappa shape index (κ3) is 6.88. The van der Waals surface area contributed by atoms with Crippen LogP contribution in [0.2, 0.25) is 0 Å². The minimum absolute atomic E-state index is 0.0238. The van der Waals surface area contributed by atoms with Gasteiger partial charge in [0.1, 0.15) is 5.69 Å². The van der Waals surface area contributed by atoms with Crippen molar-refractivity contribution in [1.82, 2.24) is 39.1 Å². The van der Waals surface area contributed by atoms with Crippen molar-refractivity contribution < 1.29 is 22.8 Å². The van der Waals surface area contributed by atoms with Gasteiger partial charge < -0.3 is 10.2 Å². The zero-order valence-corrected chi connectivity index (χ0v) is 30.5. The molecular formula is C38H34BrF3N8O3. The predicted molar refractivity (Wildman–Crippen MR) is 195 cm³/mol. The van der Waals surface area contributed by atoms with E-state index in [2.05, 4.69) is 36.3 Å². The van der Waals surface area contributed by atoms with Crippen LogP contribution in [0.4, 0.5) is 13.2 Å². The number of carbonyl (C=O) groups is 2. The maximum Gasteiger partial charge on any atom is 0.393 e. The first-order valence-corrected chi connectivity index (χ1v) is 17.7. The summed E-state index contributed by atoms with van der Waals surface area (Å²) in [7, 11) is 0. The van der Waals surface area contributed by atoms with Gasteiger partial charge in [0.05, 0.1) is 42.1 Å². The van der Waals surface area contributed by atoms with Crippen molar-refractivity contribution in [2.24, 2.45) is 5.92 Å². The van der Waals surface area contributed by atoms with Gasteiger partial charge in [-0.15, -0.1) is 0 Å². The van der Waals surface area contributed by atoms with Gasteiger partial charge in [0, 0.05) is 52.5 Å². The lowest BCUT2D eigenvalue weighted by Crippen LogP contribution is -2.47. The lowest BCUT2D eigenvalue weighted by molar-refractivity contribution is -0.173. The smallest absolute Gasteiger partial charge is 0.347 e. The van der Waals surface area contributed by atoms with Crippen LogP contribution in [0.15, 0.2) is 94.6 Å². The first-order valence-electron chi connectivity index (χ1n) is 16.9. The van der Waals surface area contributed by atoms with Gasteiger partial charge in [0.25, 0.3) is 11.8 Å². The van der Waals surface area contributed by atoms with Crippen LogP contribution < -0.4 is 11.0 Å². The van der Waals surface area contributed by atoms with Crippen LogP contribution in [0.3, 0.4) is 0 Å². The number of carbonyl (C=O) groups excluding carboxylic acids is 2. The highest BCUT2D eigenvalue weighted by molar-refractivity contribution is 9.10. The fourth-order valence-electron chi connectivity index (χ4n) is 6.62. The molecule has 11 nitrogen and oxygen atoms in total. The molecule has 53 heavy (non-hydrogen) atoms. The van der Waals surface area contributed by atoms with Crippen molar-refractivity contribution in [3.05, 3.63) is 128 Å². The second-order valence-electron chi connectivity index (χ2n) is 13.2. The van der Waals surface area contributed by atoms with Gasteiger partial charge in [-0.05, 0) is 67.4 Å². The van der Waals surface area contributed by atoms with Gasteiger partial charge in [0.2, 0.25) is 0 Å². The number of nitrogens with zero attached hydrogens (tertiary/aromatic N) is 7. The van der Waals surface area contributed by atoms with Gasteiger partial charge in [-0.2, -0.15) is 18.3 Å². The molecule has 1 aliphatic heterocycles. The molecule has 1 N–H and O–H groups in total. The first-order chi connectivity index (χ1) is 25.3. The van der Waals surface area contributed by atoms with Crippen molar-refractivity contribution in [2.45, 2.75) is 59.2 Å². The van der Waals surface area contributed by atoms with Crippen LogP contribution in [0.25, 0.3) is 28.0 Å². The molecule has 0 fully saturated rings. The number of benzene rings is 3. The summed E-state index contributed by atoms with van der Waals surface area (Å²) >= 11 is 3.48. The van der Waals surface area contributed by atoms with Crippen molar-refractivity contribution in [1.29, 1.82) is 0 Å². The largest absolute Gasteiger partial charge is 0.393 e. The Balaban J connectivity index is 1.29. The number of aromatic nitrogens is 6. The van der Waals surface area contributed by atoms with Crippen LogP contribution in [-0.4, -0.2) is 57.8 Å². The molecule has 6 aromatic rings. The van der Waals surface area contributed by atoms with E-state index >= 15 is 0 Å². The van der Waals surface area contributed by atoms with Crippen molar-refractivity contribution in [2.75, 3.05) is 0 Å². The third-order valence-electron chi connectivity index (χ3n) is 9.58. The van der Waals surface area contributed by atoms with Crippen LogP contribution >= 0.6 is 15.9 Å². The number of fused-ring (bicyclic) bond motifs is 2. The Morgan fingerprint density at radius 2 is 1.79 bits per heavy atom. The second-order valence-corrected chi connectivity index (χ2v) is 14.0. The highest BCUT2D eigenvalue weighted by Crippen LogP contribution is 2.30. The highest BCUT2D eigenvalue weighted by Gasteiger charge is 2.37. The first kappa shape index (κ1) is 35.8. The summed E-state index contributed by atoms with van der Waals surface area (Å²) < 4.78 is 45.1. The Morgan fingerprint density at radius 3 is 2.53 bits per heavy atom. The van der Waals surface area contributed by atoms with E-state index in [1.54, 1.807) is 53.7 Å². The number of hydrogen-bond donors (Lipinski definition) is 1. The Hall–Kier alpha value is -5.57. The number of alkyl halides is 3. The number of nitrogens with one attached hydrogen (secondary N) is 1. The van der Waals surface area contributed by atoms with E-state index in [9.17, 15) is 27.6 Å². The molecule has 0 saturated carbocycles. The molecule has 7 rings (SSSR count). The van der Waals surface area contributed by atoms with E-state index in [-0.39, 0.29) is 37.8 Å². The van der Waals surface area contributed by atoms with E-state index in [0.29, 0.717) is 33.7 Å². The quantitative estimate of drug-likeness (QED) is 0.184. The fraction of sp³-hybridized carbons (Fsp3) is 0.263. The summed E-state index contributed by atoms with van der Waals surface area (Å²) in [6.45, 7) is 4.63. The molecule has 272 valence electrons. The molecule has 0 aliphatic carbocycles. The zero-order chi connectivity index (χ0) is 37.6. The second kappa shape index (κ2) is 14.1. The van der Waals surface area contributed by atoms with Gasteiger partial charge in [-0.25, -0.2) is 14.8 Å². The van der Waals surface area contributed by atoms with Gasteiger partial charge in [-0.1, -0.05) is 47.1 Å². The molecule has 3 aromatic carbocycles. The van der Waals surface area contributed by atoms with E-state index in [0.717, 1.165) is 28.1 Å². The Labute approximate surface area is 310 Å². The lowest BCUT2D eigenvalue weighted by Gasteiger charge is -2.34. The molecular weight excluding hydrogens is 753 g/mol. The number of aryl methyl sites for hydroxylation is 1. The van der Waals surface area contributed by atoms with Crippen LogP contribution in [0, 0.1) is 12.8 Å². The number of rotatable bonds is 8. The van der Waals surface area contributed by atoms with Gasteiger partial charge in [-0.3, -0.25) is 23.4 Å². The third-order valence-corrected chi connectivity index (χ3v) is 10.5. The number of amides is 2. The van der Waals surface area contributed by atoms with Crippen LogP contribution in [0.5, 0.6) is 0 Å². The molecule has 0 unspecified atom stereocenters. The maximum absolute atomic E-state index is 14.4. The minimum atomic E-state index is -4.39. The summed E-state index contributed by atoms with van der Waals surface area (Å²) in [6.07, 6.45) is 0.306. The monoisotopic (exact) mass is 786 g/mol. The standard InChI is InChI=1S/C38H34BrF3N8O3/c1-22-15-25(9-11-30(22)39)36(52)47-21-32-33(35(51)45-17-26-7-4-5-8-29(26)34-43-13-6-14-44-34)50(37(53)48(32)20-24(47)3)28-10-12-31-27(16-28)18-46-49(31)19-23(2)38(40,41)42/h4-16,18,23-24H,17,19-21H2,1-3H3,(H,45,51)/t23-,24+/m1/s1. The predicted octanol–water partition coefficient (Wildman–Crippen LogP) is 6.69.